The number of hydrogen-bond donors (Lipinski definition) is 1. The van der Waals surface area contributed by atoms with Gasteiger partial charge in [-0.3, -0.25) is 10.00 Å². The molecule has 1 atom stereocenters. The van der Waals surface area contributed by atoms with Crippen LogP contribution in [0.1, 0.15) is 29.5 Å². The third-order valence-corrected chi connectivity index (χ3v) is 5.38. The number of hydrogen-bond acceptors (Lipinski definition) is 4. The Morgan fingerprint density at radius 2 is 1.93 bits per heavy atom. The van der Waals surface area contributed by atoms with Gasteiger partial charge in [0.05, 0.1) is 18.9 Å². The molecular formula is C24H28FN3O2. The number of para-hydroxylation sites is 1. The molecule has 1 aliphatic rings. The maximum atomic E-state index is 13.6. The molecule has 4 rings (SSSR count). The summed E-state index contributed by atoms with van der Waals surface area (Å²) in [6, 6.07) is 19.1. The third kappa shape index (κ3) is 5.68. The van der Waals surface area contributed by atoms with Gasteiger partial charge in [0.2, 0.25) is 0 Å². The quantitative estimate of drug-likeness (QED) is 0.576. The van der Waals surface area contributed by atoms with Crippen molar-refractivity contribution < 1.29 is 13.9 Å². The van der Waals surface area contributed by atoms with Crippen molar-refractivity contribution in [2.75, 3.05) is 32.8 Å². The monoisotopic (exact) mass is 409 g/mol. The van der Waals surface area contributed by atoms with E-state index in [1.807, 2.05) is 6.07 Å². The van der Waals surface area contributed by atoms with E-state index in [2.05, 4.69) is 45.4 Å². The normalized spacial score (nSPS) is 17.2. The highest BCUT2D eigenvalue weighted by atomic mass is 19.1. The maximum absolute atomic E-state index is 13.6. The number of aryl methyl sites for hydroxylation is 1. The van der Waals surface area contributed by atoms with E-state index < -0.39 is 0 Å². The number of nitrogens with one attached hydrogen (secondary N) is 1. The summed E-state index contributed by atoms with van der Waals surface area (Å²) in [4.78, 5) is 2.45. The van der Waals surface area contributed by atoms with Crippen molar-refractivity contribution in [2.45, 2.75) is 25.4 Å². The Morgan fingerprint density at radius 1 is 1.10 bits per heavy atom. The van der Waals surface area contributed by atoms with Crippen LogP contribution in [0.4, 0.5) is 4.39 Å². The lowest BCUT2D eigenvalue weighted by atomic mass is 10.1. The van der Waals surface area contributed by atoms with Crippen LogP contribution >= 0.6 is 0 Å². The van der Waals surface area contributed by atoms with Crippen LogP contribution in [-0.4, -0.2) is 47.9 Å². The summed E-state index contributed by atoms with van der Waals surface area (Å²) in [5.74, 6) is -0.0650. The molecule has 158 valence electrons. The topological polar surface area (TPSA) is 50.4 Å². The summed E-state index contributed by atoms with van der Waals surface area (Å²) >= 11 is 0. The molecule has 0 saturated carbocycles. The minimum Gasteiger partial charge on any atom is -0.490 e. The number of rotatable bonds is 9. The Bertz CT molecular complexity index is 916. The summed E-state index contributed by atoms with van der Waals surface area (Å²) in [6.45, 7) is 3.97. The van der Waals surface area contributed by atoms with Crippen molar-refractivity contribution >= 4 is 0 Å². The van der Waals surface area contributed by atoms with Crippen LogP contribution in [0.15, 0.2) is 60.7 Å². The highest BCUT2D eigenvalue weighted by Crippen LogP contribution is 2.22. The van der Waals surface area contributed by atoms with Crippen molar-refractivity contribution in [3.05, 3.63) is 83.4 Å². The Kier molecular flexibility index (Phi) is 7.11. The van der Waals surface area contributed by atoms with Gasteiger partial charge in [-0.1, -0.05) is 42.5 Å². The number of H-pyrrole nitrogens is 1. The average Bonchev–Trinajstić information content (AvgIpc) is 3.25. The molecule has 0 amide bonds. The van der Waals surface area contributed by atoms with Gasteiger partial charge in [-0.15, -0.1) is 0 Å². The molecule has 0 aliphatic carbocycles. The van der Waals surface area contributed by atoms with Crippen LogP contribution in [0, 0.1) is 5.82 Å². The van der Waals surface area contributed by atoms with Crippen LogP contribution in [0.2, 0.25) is 0 Å². The van der Waals surface area contributed by atoms with E-state index in [9.17, 15) is 4.39 Å². The average molecular weight is 410 g/mol. The summed E-state index contributed by atoms with van der Waals surface area (Å²) in [7, 11) is 0. The van der Waals surface area contributed by atoms with Crippen molar-refractivity contribution in [3.8, 4) is 5.75 Å². The van der Waals surface area contributed by atoms with Gasteiger partial charge in [-0.2, -0.15) is 5.10 Å². The molecule has 1 fully saturated rings. The highest BCUT2D eigenvalue weighted by molar-refractivity contribution is 5.23. The number of nitrogens with zero attached hydrogens (tertiary/aromatic N) is 2. The molecule has 2 aromatic carbocycles. The molecule has 0 radical (unpaired) electrons. The van der Waals surface area contributed by atoms with Gasteiger partial charge >= 0.3 is 0 Å². The number of morpholine rings is 1. The second-order valence-electron chi connectivity index (χ2n) is 7.60. The maximum Gasteiger partial charge on any atom is 0.165 e. The zero-order valence-corrected chi connectivity index (χ0v) is 17.1. The van der Waals surface area contributed by atoms with Crippen LogP contribution < -0.4 is 4.74 Å². The van der Waals surface area contributed by atoms with E-state index in [1.165, 1.54) is 11.6 Å². The van der Waals surface area contributed by atoms with Gasteiger partial charge in [0.15, 0.2) is 11.6 Å². The molecule has 1 unspecified atom stereocenters. The fourth-order valence-electron chi connectivity index (χ4n) is 3.74. The summed E-state index contributed by atoms with van der Waals surface area (Å²) in [5.41, 5.74) is 3.27. The van der Waals surface area contributed by atoms with Gasteiger partial charge in [0, 0.05) is 25.2 Å². The number of halogens is 1. The lowest BCUT2D eigenvalue weighted by Gasteiger charge is -2.32. The SMILES string of the molecule is Fc1ccccc1OCCc1cc(C2CN(CCCc3ccccc3)CCO2)n[nH]1. The number of aromatic nitrogens is 2. The molecule has 6 heteroatoms. The first kappa shape index (κ1) is 20.6. The molecule has 1 saturated heterocycles. The van der Waals surface area contributed by atoms with Crippen molar-refractivity contribution in [2.24, 2.45) is 0 Å². The molecule has 5 nitrogen and oxygen atoms in total. The first-order chi connectivity index (χ1) is 14.8. The zero-order valence-electron chi connectivity index (χ0n) is 17.1. The van der Waals surface area contributed by atoms with E-state index in [4.69, 9.17) is 9.47 Å². The largest absolute Gasteiger partial charge is 0.490 e. The third-order valence-electron chi connectivity index (χ3n) is 5.38. The Labute approximate surface area is 176 Å². The minimum absolute atomic E-state index is 0.0204. The fourth-order valence-corrected chi connectivity index (χ4v) is 3.74. The van der Waals surface area contributed by atoms with Crippen LogP contribution in [-0.2, 0) is 17.6 Å². The second-order valence-corrected chi connectivity index (χ2v) is 7.60. The van der Waals surface area contributed by atoms with E-state index in [0.717, 1.165) is 43.9 Å². The first-order valence-corrected chi connectivity index (χ1v) is 10.6. The minimum atomic E-state index is -0.342. The van der Waals surface area contributed by atoms with E-state index in [0.29, 0.717) is 19.6 Å². The predicted molar refractivity (Wildman–Crippen MR) is 114 cm³/mol. The number of aromatic amines is 1. The van der Waals surface area contributed by atoms with Crippen LogP contribution in [0.25, 0.3) is 0 Å². The summed E-state index contributed by atoms with van der Waals surface area (Å²) < 4.78 is 25.1. The lowest BCUT2D eigenvalue weighted by Crippen LogP contribution is -2.39. The molecule has 1 aromatic heterocycles. The van der Waals surface area contributed by atoms with Crippen molar-refractivity contribution in [1.82, 2.24) is 15.1 Å². The van der Waals surface area contributed by atoms with E-state index >= 15 is 0 Å². The molecule has 2 heterocycles. The molecule has 3 aromatic rings. The van der Waals surface area contributed by atoms with Gasteiger partial charge in [-0.25, -0.2) is 4.39 Å². The second kappa shape index (κ2) is 10.4. The van der Waals surface area contributed by atoms with Gasteiger partial charge < -0.3 is 9.47 Å². The van der Waals surface area contributed by atoms with Crippen LogP contribution in [0.3, 0.4) is 0 Å². The van der Waals surface area contributed by atoms with Crippen molar-refractivity contribution in [1.29, 1.82) is 0 Å². The molecule has 0 bridgehead atoms. The van der Waals surface area contributed by atoms with Gasteiger partial charge in [0.25, 0.3) is 0 Å². The Morgan fingerprint density at radius 3 is 2.80 bits per heavy atom. The summed E-state index contributed by atoms with van der Waals surface area (Å²) in [6.07, 6.45) is 2.84. The fraction of sp³-hybridized carbons (Fsp3) is 0.375. The van der Waals surface area contributed by atoms with E-state index in [-0.39, 0.29) is 17.7 Å². The molecule has 0 spiro atoms. The molecular weight excluding hydrogens is 381 g/mol. The Hall–Kier alpha value is -2.70. The number of ether oxygens (including phenoxy) is 2. The molecule has 30 heavy (non-hydrogen) atoms. The smallest absolute Gasteiger partial charge is 0.165 e. The number of benzene rings is 2. The van der Waals surface area contributed by atoms with Crippen LogP contribution in [0.5, 0.6) is 5.75 Å². The lowest BCUT2D eigenvalue weighted by molar-refractivity contribution is -0.0322. The standard InChI is InChI=1S/C24H28FN3O2/c25-21-10-4-5-11-23(21)29-15-12-20-17-22(27-26-20)24-18-28(14-16-30-24)13-6-9-19-7-2-1-3-8-19/h1-5,7-8,10-11,17,24H,6,9,12-16,18H2,(H,26,27). The highest BCUT2D eigenvalue weighted by Gasteiger charge is 2.23. The molecule has 1 N–H and O–H groups in total. The van der Waals surface area contributed by atoms with E-state index in [1.54, 1.807) is 18.2 Å². The van der Waals surface area contributed by atoms with Gasteiger partial charge in [-0.05, 0) is 43.1 Å². The molecule has 1 aliphatic heterocycles. The summed E-state index contributed by atoms with van der Waals surface area (Å²) in [5, 5.41) is 7.50. The van der Waals surface area contributed by atoms with Crippen molar-refractivity contribution in [3.63, 3.8) is 0 Å². The first-order valence-electron chi connectivity index (χ1n) is 10.6. The Balaban J connectivity index is 1.23. The predicted octanol–water partition coefficient (Wildman–Crippen LogP) is 4.18. The van der Waals surface area contributed by atoms with Gasteiger partial charge in [0.1, 0.15) is 6.10 Å². The zero-order chi connectivity index (χ0) is 20.6.